The quantitative estimate of drug-likeness (QED) is 0.269. The minimum absolute atomic E-state index is 0. The van der Waals surface area contributed by atoms with Crippen LogP contribution in [0.2, 0.25) is 0 Å². The lowest BCUT2D eigenvalue weighted by molar-refractivity contribution is -0.938. The van der Waals surface area contributed by atoms with E-state index in [1.807, 2.05) is 72.1 Å². The number of hydrogen-bond acceptors (Lipinski definition) is 5. The molecule has 0 radical (unpaired) electrons. The lowest BCUT2D eigenvalue weighted by Gasteiger charge is -2.51. The van der Waals surface area contributed by atoms with E-state index in [-0.39, 0.29) is 31.1 Å². The van der Waals surface area contributed by atoms with Gasteiger partial charge < -0.3 is 14.5 Å². The van der Waals surface area contributed by atoms with Gasteiger partial charge in [-0.2, -0.15) is 0 Å². The number of ketones is 1. The molecule has 1 amide bonds. The largest absolute Gasteiger partial charge is 0.454 e. The third kappa shape index (κ3) is 5.58. The summed E-state index contributed by atoms with van der Waals surface area (Å²) in [7, 11) is 0. The maximum atomic E-state index is 13.4. The summed E-state index contributed by atoms with van der Waals surface area (Å²) in [6.45, 7) is 2.90. The number of hydrogen-bond donors (Lipinski definition) is 1. The molecule has 1 N–H and O–H groups in total. The van der Waals surface area contributed by atoms with Crippen LogP contribution in [0.4, 0.5) is 0 Å². The molecule has 6 nitrogen and oxygen atoms in total. The van der Waals surface area contributed by atoms with Crippen LogP contribution in [-0.2, 0) is 9.53 Å². The molecular formula is C29H33N2O4S+. The number of carbonyl (C=O) groups is 3. The second-order valence-corrected chi connectivity index (χ2v) is 10.5. The summed E-state index contributed by atoms with van der Waals surface area (Å²) >= 11 is 1.33. The number of fused-ring (bicyclic) bond motifs is 3. The molecule has 3 saturated heterocycles. The number of carbonyl (C=O) groups excluding carboxylic acids is 3. The molecule has 3 fully saturated rings. The van der Waals surface area contributed by atoms with Gasteiger partial charge in [-0.05, 0) is 17.0 Å². The van der Waals surface area contributed by atoms with Gasteiger partial charge in [0, 0.05) is 24.3 Å². The molecule has 1 aromatic heterocycles. The molecule has 2 bridgehead atoms. The van der Waals surface area contributed by atoms with Crippen molar-refractivity contribution in [3.8, 4) is 0 Å². The Kier molecular flexibility index (Phi) is 8.01. The van der Waals surface area contributed by atoms with E-state index in [1.54, 1.807) is 6.07 Å². The Balaban J connectivity index is 0.00000304. The zero-order chi connectivity index (χ0) is 24.3. The summed E-state index contributed by atoms with van der Waals surface area (Å²) in [6, 6.07) is 21.2. The molecule has 7 heteroatoms. The van der Waals surface area contributed by atoms with Crippen molar-refractivity contribution in [1.29, 1.82) is 0 Å². The average molecular weight is 506 g/mol. The molecular weight excluding hydrogens is 472 g/mol. The van der Waals surface area contributed by atoms with Gasteiger partial charge in [0.1, 0.15) is 13.1 Å². The SMILES string of the molecule is C.O=C(C[N+]12CCC(CC1)[C@@H](OC(=O)C(NC(=O)c1cccs1)c1ccccc1)C2)c1ccccc1. The highest BCUT2D eigenvalue weighted by atomic mass is 32.1. The molecule has 3 aliphatic heterocycles. The zero-order valence-corrected chi connectivity index (χ0v) is 20.3. The van der Waals surface area contributed by atoms with Crippen LogP contribution in [0.5, 0.6) is 0 Å². The third-order valence-corrected chi connectivity index (χ3v) is 8.14. The summed E-state index contributed by atoms with van der Waals surface area (Å²) in [4.78, 5) is 39.7. The van der Waals surface area contributed by atoms with E-state index in [9.17, 15) is 14.4 Å². The smallest absolute Gasteiger partial charge is 0.333 e. The number of nitrogens with zero attached hydrogens (tertiary/aromatic N) is 1. The molecule has 0 saturated carbocycles. The third-order valence-electron chi connectivity index (χ3n) is 7.27. The molecule has 3 aromatic rings. The normalized spacial score (nSPS) is 23.2. The summed E-state index contributed by atoms with van der Waals surface area (Å²) in [6.07, 6.45) is 1.59. The van der Waals surface area contributed by atoms with Crippen molar-refractivity contribution in [1.82, 2.24) is 5.32 Å². The standard InChI is InChI=1S/C28H28N2O4S.CH4/c31-23(20-8-3-1-4-9-20)18-30-15-13-21(14-16-30)24(19-30)34-28(33)26(22-10-5-2-6-11-22)29-27(32)25-12-7-17-35-25;/h1-12,17,21,24,26H,13-16,18-19H2;1H4/p+1/t21?,24-,26?,30?;/m0./s1. The van der Waals surface area contributed by atoms with E-state index in [2.05, 4.69) is 5.32 Å². The maximum absolute atomic E-state index is 13.4. The number of nitrogens with one attached hydrogen (secondary N) is 1. The van der Waals surface area contributed by atoms with Crippen molar-refractivity contribution in [3.05, 3.63) is 94.2 Å². The van der Waals surface area contributed by atoms with Gasteiger partial charge in [0.25, 0.3) is 5.91 Å². The van der Waals surface area contributed by atoms with Crippen LogP contribution in [0.1, 0.15) is 51.9 Å². The first-order chi connectivity index (χ1) is 17.0. The number of Topliss-reactive ketones (excluding diaryl/α,β-unsaturated/α-hetero) is 1. The Morgan fingerprint density at radius 1 is 0.944 bits per heavy atom. The van der Waals surface area contributed by atoms with E-state index < -0.39 is 12.0 Å². The monoisotopic (exact) mass is 505 g/mol. The fourth-order valence-corrected chi connectivity index (χ4v) is 5.97. The molecule has 1 unspecified atom stereocenters. The topological polar surface area (TPSA) is 72.5 Å². The van der Waals surface area contributed by atoms with E-state index in [4.69, 9.17) is 4.74 Å². The van der Waals surface area contributed by atoms with Crippen molar-refractivity contribution in [3.63, 3.8) is 0 Å². The van der Waals surface area contributed by atoms with Crippen LogP contribution in [0.25, 0.3) is 0 Å². The number of esters is 1. The molecule has 3 aliphatic rings. The van der Waals surface area contributed by atoms with Gasteiger partial charge >= 0.3 is 5.97 Å². The highest BCUT2D eigenvalue weighted by Gasteiger charge is 2.49. The second kappa shape index (κ2) is 11.2. The molecule has 6 rings (SSSR count). The lowest BCUT2D eigenvalue weighted by Crippen LogP contribution is -2.66. The Bertz CT molecular complexity index is 1170. The van der Waals surface area contributed by atoms with Crippen LogP contribution in [0, 0.1) is 5.92 Å². The van der Waals surface area contributed by atoms with Crippen molar-refractivity contribution < 1.29 is 23.6 Å². The van der Waals surface area contributed by atoms with E-state index >= 15 is 0 Å². The summed E-state index contributed by atoms with van der Waals surface area (Å²) in [5.41, 5.74) is 1.41. The Morgan fingerprint density at radius 3 is 2.25 bits per heavy atom. The minimum Gasteiger partial charge on any atom is -0.454 e. The number of rotatable bonds is 8. The first-order valence-electron chi connectivity index (χ1n) is 12.1. The lowest BCUT2D eigenvalue weighted by atomic mass is 9.82. The first-order valence-corrected chi connectivity index (χ1v) is 12.9. The number of piperidine rings is 3. The number of amides is 1. The van der Waals surface area contributed by atoms with Gasteiger partial charge in [-0.25, -0.2) is 4.79 Å². The number of quaternary nitrogens is 1. The second-order valence-electron chi connectivity index (χ2n) is 9.53. The van der Waals surface area contributed by atoms with Gasteiger partial charge in [-0.3, -0.25) is 9.59 Å². The molecule has 4 heterocycles. The minimum atomic E-state index is -0.888. The highest BCUT2D eigenvalue weighted by molar-refractivity contribution is 7.12. The van der Waals surface area contributed by atoms with Crippen molar-refractivity contribution >= 4 is 29.0 Å². The van der Waals surface area contributed by atoms with Crippen LogP contribution < -0.4 is 5.32 Å². The highest BCUT2D eigenvalue weighted by Crippen LogP contribution is 2.36. The fraction of sp³-hybridized carbons (Fsp3) is 0.345. The van der Waals surface area contributed by atoms with Crippen LogP contribution in [0.15, 0.2) is 78.2 Å². The van der Waals surface area contributed by atoms with E-state index in [0.717, 1.165) is 31.5 Å². The van der Waals surface area contributed by atoms with Gasteiger partial charge in [-0.1, -0.05) is 74.2 Å². The van der Waals surface area contributed by atoms with Gasteiger partial charge in [0.2, 0.25) is 5.78 Å². The van der Waals surface area contributed by atoms with Crippen molar-refractivity contribution in [2.45, 2.75) is 32.4 Å². The van der Waals surface area contributed by atoms with E-state index in [0.29, 0.717) is 28.0 Å². The van der Waals surface area contributed by atoms with Crippen molar-refractivity contribution in [2.75, 3.05) is 26.2 Å². The molecule has 0 spiro atoms. The Morgan fingerprint density at radius 2 is 1.61 bits per heavy atom. The zero-order valence-electron chi connectivity index (χ0n) is 19.5. The number of benzene rings is 2. The van der Waals surface area contributed by atoms with Crippen molar-refractivity contribution in [2.24, 2.45) is 5.92 Å². The van der Waals surface area contributed by atoms with Gasteiger partial charge in [0.05, 0.1) is 18.0 Å². The average Bonchev–Trinajstić information content (AvgIpc) is 3.44. The molecule has 2 atom stereocenters. The van der Waals surface area contributed by atoms with Gasteiger partial charge in [0.15, 0.2) is 12.1 Å². The Labute approximate surface area is 216 Å². The molecule has 0 aliphatic carbocycles. The number of ether oxygens (including phenoxy) is 1. The first kappa shape index (κ1) is 25.8. The van der Waals surface area contributed by atoms with Gasteiger partial charge in [-0.15, -0.1) is 11.3 Å². The molecule has 2 aromatic carbocycles. The fourth-order valence-electron chi connectivity index (χ4n) is 5.35. The predicted octanol–water partition coefficient (Wildman–Crippen LogP) is 4.89. The maximum Gasteiger partial charge on any atom is 0.333 e. The van der Waals surface area contributed by atoms with Crippen LogP contribution in [-0.4, -0.2) is 54.4 Å². The molecule has 36 heavy (non-hydrogen) atoms. The Hall–Kier alpha value is -3.29. The summed E-state index contributed by atoms with van der Waals surface area (Å²) in [5, 5.41) is 4.70. The molecule has 188 valence electrons. The summed E-state index contributed by atoms with van der Waals surface area (Å²) in [5.74, 6) is -0.333. The summed E-state index contributed by atoms with van der Waals surface area (Å²) < 4.78 is 6.75. The number of thiophene rings is 1. The predicted molar refractivity (Wildman–Crippen MR) is 141 cm³/mol. The van der Waals surface area contributed by atoms with E-state index in [1.165, 1.54) is 11.3 Å². The van der Waals surface area contributed by atoms with Crippen LogP contribution >= 0.6 is 11.3 Å². The van der Waals surface area contributed by atoms with Crippen LogP contribution in [0.3, 0.4) is 0 Å².